The van der Waals surface area contributed by atoms with Crippen LogP contribution in [0.1, 0.15) is 36.0 Å². The van der Waals surface area contributed by atoms with Gasteiger partial charge >= 0.3 is 0 Å². The topological polar surface area (TPSA) is 57.7 Å². The Morgan fingerprint density at radius 3 is 2.07 bits per heavy atom. The predicted octanol–water partition coefficient (Wildman–Crippen LogP) is 3.36. The molecule has 2 saturated heterocycles. The number of benzene rings is 2. The van der Waals surface area contributed by atoms with Crippen molar-refractivity contribution >= 4 is 21.4 Å². The molecular weight excluding hydrogens is 372 g/mol. The maximum Gasteiger partial charge on any atom is 0.253 e. The van der Waals surface area contributed by atoms with Gasteiger partial charge in [0.25, 0.3) is 5.91 Å². The molecule has 4 rings (SSSR count). The second kappa shape index (κ2) is 7.24. The fraction of sp³-hybridized carbons (Fsp3) is 0.409. The van der Waals surface area contributed by atoms with E-state index in [1.54, 1.807) is 12.1 Å². The van der Waals surface area contributed by atoms with E-state index in [0.717, 1.165) is 36.9 Å². The largest absolute Gasteiger partial charge is 0.365 e. The van der Waals surface area contributed by atoms with E-state index in [-0.39, 0.29) is 11.9 Å². The van der Waals surface area contributed by atoms with Gasteiger partial charge in [0.2, 0.25) is 0 Å². The van der Waals surface area contributed by atoms with Gasteiger partial charge in [-0.1, -0.05) is 18.2 Å². The first-order chi connectivity index (χ1) is 13.3. The zero-order valence-corrected chi connectivity index (χ0v) is 17.1. The first-order valence-corrected chi connectivity index (χ1v) is 11.6. The fourth-order valence-electron chi connectivity index (χ4n) is 4.70. The molecule has 0 aliphatic carbocycles. The normalized spacial score (nSPS) is 24.2. The summed E-state index contributed by atoms with van der Waals surface area (Å²) in [5.41, 5.74) is 1.81. The SMILES string of the molecule is CN(C(=O)c1ccccc1)C1CC2CCC(C1)N2c1ccc(S(C)(=O)=O)cc1. The number of piperidine rings is 1. The molecule has 148 valence electrons. The van der Waals surface area contributed by atoms with Crippen molar-refractivity contribution < 1.29 is 13.2 Å². The summed E-state index contributed by atoms with van der Waals surface area (Å²) in [6.07, 6.45) is 5.35. The minimum Gasteiger partial charge on any atom is -0.365 e. The maximum atomic E-state index is 12.8. The van der Waals surface area contributed by atoms with Gasteiger partial charge in [-0.3, -0.25) is 4.79 Å². The number of amides is 1. The Labute approximate surface area is 166 Å². The highest BCUT2D eigenvalue weighted by Crippen LogP contribution is 2.41. The first-order valence-electron chi connectivity index (χ1n) is 9.75. The molecule has 2 aromatic carbocycles. The Kier molecular flexibility index (Phi) is 4.91. The molecule has 0 saturated carbocycles. The Hall–Kier alpha value is -2.34. The molecule has 2 fully saturated rings. The molecule has 0 N–H and O–H groups in total. The molecule has 1 amide bonds. The van der Waals surface area contributed by atoms with Crippen molar-refractivity contribution in [1.29, 1.82) is 0 Å². The number of nitrogens with zero attached hydrogens (tertiary/aromatic N) is 2. The number of sulfone groups is 1. The standard InChI is InChI=1S/C22H26N2O3S/c1-23(22(25)16-6-4-3-5-7-16)20-14-18-8-9-19(15-20)24(18)17-10-12-21(13-11-17)28(2,26)27/h3-7,10-13,18-20H,8-9,14-15H2,1-2H3. The van der Waals surface area contributed by atoms with Crippen molar-refractivity contribution in [3.63, 3.8) is 0 Å². The smallest absolute Gasteiger partial charge is 0.253 e. The Morgan fingerprint density at radius 1 is 0.964 bits per heavy atom. The lowest BCUT2D eigenvalue weighted by molar-refractivity contribution is 0.0693. The number of rotatable bonds is 4. The third-order valence-electron chi connectivity index (χ3n) is 6.16. The zero-order chi connectivity index (χ0) is 19.9. The second-order valence-electron chi connectivity index (χ2n) is 7.97. The summed E-state index contributed by atoms with van der Waals surface area (Å²) >= 11 is 0. The van der Waals surface area contributed by atoms with Gasteiger partial charge in [-0.05, 0) is 62.1 Å². The number of hydrogen-bond donors (Lipinski definition) is 0. The Balaban J connectivity index is 1.49. The highest BCUT2D eigenvalue weighted by atomic mass is 32.2. The van der Waals surface area contributed by atoms with Crippen LogP contribution in [0.5, 0.6) is 0 Å². The van der Waals surface area contributed by atoms with E-state index in [1.807, 2.05) is 54.4 Å². The van der Waals surface area contributed by atoms with Gasteiger partial charge in [-0.15, -0.1) is 0 Å². The van der Waals surface area contributed by atoms with Crippen LogP contribution in [0.3, 0.4) is 0 Å². The molecule has 2 bridgehead atoms. The van der Waals surface area contributed by atoms with E-state index < -0.39 is 9.84 Å². The molecular formula is C22H26N2O3S. The fourth-order valence-corrected chi connectivity index (χ4v) is 5.33. The van der Waals surface area contributed by atoms with Crippen LogP contribution in [0, 0.1) is 0 Å². The van der Waals surface area contributed by atoms with Crippen LogP contribution in [0.15, 0.2) is 59.5 Å². The van der Waals surface area contributed by atoms with Crippen LogP contribution >= 0.6 is 0 Å². The van der Waals surface area contributed by atoms with Crippen LogP contribution in [-0.4, -0.2) is 50.7 Å². The average Bonchev–Trinajstić information content (AvgIpc) is 2.96. The van der Waals surface area contributed by atoms with E-state index in [4.69, 9.17) is 0 Å². The van der Waals surface area contributed by atoms with E-state index in [0.29, 0.717) is 17.0 Å². The van der Waals surface area contributed by atoms with Gasteiger partial charge < -0.3 is 9.80 Å². The number of hydrogen-bond acceptors (Lipinski definition) is 4. The number of carbonyl (C=O) groups excluding carboxylic acids is 1. The van der Waals surface area contributed by atoms with Gasteiger partial charge in [0.05, 0.1) is 4.90 Å². The van der Waals surface area contributed by atoms with Crippen LogP contribution in [0.4, 0.5) is 5.69 Å². The quantitative estimate of drug-likeness (QED) is 0.792. The van der Waals surface area contributed by atoms with Crippen molar-refractivity contribution in [3.05, 3.63) is 60.2 Å². The molecule has 0 radical (unpaired) electrons. The molecule has 5 nitrogen and oxygen atoms in total. The van der Waals surface area contributed by atoms with E-state index in [1.165, 1.54) is 6.26 Å². The molecule has 2 aliphatic heterocycles. The number of fused-ring (bicyclic) bond motifs is 2. The molecule has 2 heterocycles. The summed E-state index contributed by atoms with van der Waals surface area (Å²) in [6, 6.07) is 17.7. The van der Waals surface area contributed by atoms with Crippen LogP contribution in [0.2, 0.25) is 0 Å². The van der Waals surface area contributed by atoms with Crippen molar-refractivity contribution in [2.45, 2.75) is 48.7 Å². The molecule has 2 aliphatic rings. The number of carbonyl (C=O) groups is 1. The predicted molar refractivity (Wildman–Crippen MR) is 110 cm³/mol. The van der Waals surface area contributed by atoms with Crippen LogP contribution in [0.25, 0.3) is 0 Å². The third-order valence-corrected chi connectivity index (χ3v) is 7.29. The maximum absolute atomic E-state index is 12.8. The Bertz CT molecular complexity index is 943. The monoisotopic (exact) mass is 398 g/mol. The lowest BCUT2D eigenvalue weighted by Gasteiger charge is -2.43. The van der Waals surface area contributed by atoms with Crippen molar-refractivity contribution in [3.8, 4) is 0 Å². The molecule has 2 atom stereocenters. The minimum absolute atomic E-state index is 0.0796. The van der Waals surface area contributed by atoms with Gasteiger partial charge in [0.1, 0.15) is 0 Å². The first kappa shape index (κ1) is 19.0. The minimum atomic E-state index is -3.18. The third kappa shape index (κ3) is 3.53. The summed E-state index contributed by atoms with van der Waals surface area (Å²) in [7, 11) is -1.27. The van der Waals surface area contributed by atoms with E-state index >= 15 is 0 Å². The second-order valence-corrected chi connectivity index (χ2v) is 9.98. The molecule has 28 heavy (non-hydrogen) atoms. The average molecular weight is 399 g/mol. The van der Waals surface area contributed by atoms with Gasteiger partial charge in [-0.2, -0.15) is 0 Å². The van der Waals surface area contributed by atoms with E-state index in [9.17, 15) is 13.2 Å². The van der Waals surface area contributed by atoms with Crippen molar-refractivity contribution in [2.24, 2.45) is 0 Å². The zero-order valence-electron chi connectivity index (χ0n) is 16.3. The van der Waals surface area contributed by atoms with Crippen LogP contribution < -0.4 is 4.90 Å². The van der Waals surface area contributed by atoms with Gasteiger partial charge in [0, 0.05) is 42.7 Å². The highest BCUT2D eigenvalue weighted by molar-refractivity contribution is 7.90. The summed E-state index contributed by atoms with van der Waals surface area (Å²) in [6.45, 7) is 0. The summed E-state index contributed by atoms with van der Waals surface area (Å²) in [5.74, 6) is 0.0796. The van der Waals surface area contributed by atoms with Gasteiger partial charge in [0.15, 0.2) is 9.84 Å². The van der Waals surface area contributed by atoms with Crippen molar-refractivity contribution in [1.82, 2.24) is 4.90 Å². The van der Waals surface area contributed by atoms with E-state index in [2.05, 4.69) is 4.90 Å². The summed E-state index contributed by atoms with van der Waals surface area (Å²) < 4.78 is 23.4. The molecule has 0 spiro atoms. The Morgan fingerprint density at radius 2 is 1.54 bits per heavy atom. The lowest BCUT2D eigenvalue weighted by Crippen LogP contribution is -2.51. The molecule has 0 aromatic heterocycles. The van der Waals surface area contributed by atoms with Crippen LogP contribution in [-0.2, 0) is 9.84 Å². The summed E-state index contributed by atoms with van der Waals surface area (Å²) in [4.78, 5) is 17.5. The van der Waals surface area contributed by atoms with Crippen molar-refractivity contribution in [2.75, 3.05) is 18.2 Å². The van der Waals surface area contributed by atoms with Gasteiger partial charge in [-0.25, -0.2) is 8.42 Å². The lowest BCUT2D eigenvalue weighted by atomic mass is 9.95. The summed E-state index contributed by atoms with van der Waals surface area (Å²) in [5, 5.41) is 0. The number of anilines is 1. The molecule has 2 aromatic rings. The molecule has 6 heteroatoms. The molecule has 2 unspecified atom stereocenters. The highest BCUT2D eigenvalue weighted by Gasteiger charge is 2.42.